The van der Waals surface area contributed by atoms with Crippen LogP contribution in [0.4, 0.5) is 0 Å². The third-order valence-corrected chi connectivity index (χ3v) is 5.77. The summed E-state index contributed by atoms with van der Waals surface area (Å²) >= 11 is 0. The maximum atomic E-state index is 12.1. The first kappa shape index (κ1) is 16.0. The first-order valence-electron chi connectivity index (χ1n) is 8.99. The van der Waals surface area contributed by atoms with Crippen molar-refractivity contribution in [1.29, 1.82) is 0 Å². The molecule has 3 heteroatoms. The molecule has 0 radical (unpaired) electrons. The fourth-order valence-corrected chi connectivity index (χ4v) is 5.31. The van der Waals surface area contributed by atoms with E-state index in [0.717, 1.165) is 32.3 Å². The standard InChI is InChI=1S/C19H30O3/c1-4-5-6-7-21-18-9-15-8-16(10-18)12-19(11-15,13-18)22-17(20)14(2)3/h15-16H,2,4-13H2,1,3H3. The Hall–Kier alpha value is -0.830. The van der Waals surface area contributed by atoms with Gasteiger partial charge in [-0.05, 0) is 57.3 Å². The van der Waals surface area contributed by atoms with Gasteiger partial charge in [0, 0.05) is 18.6 Å². The summed E-state index contributed by atoms with van der Waals surface area (Å²) in [6, 6.07) is 0. The van der Waals surface area contributed by atoms with Crippen LogP contribution in [0.25, 0.3) is 0 Å². The predicted octanol–water partition coefficient (Wildman–Crippen LogP) is 4.40. The lowest BCUT2D eigenvalue weighted by Crippen LogP contribution is -2.61. The van der Waals surface area contributed by atoms with Crippen molar-refractivity contribution in [2.75, 3.05) is 6.61 Å². The van der Waals surface area contributed by atoms with Crippen molar-refractivity contribution in [3.05, 3.63) is 12.2 Å². The molecule has 4 aliphatic carbocycles. The number of carbonyl (C=O) groups is 1. The number of ether oxygens (including phenoxy) is 2. The first-order chi connectivity index (χ1) is 10.5. The molecule has 4 saturated carbocycles. The molecule has 4 rings (SSSR count). The second-order valence-corrected chi connectivity index (χ2v) is 8.05. The van der Waals surface area contributed by atoms with E-state index >= 15 is 0 Å². The molecule has 0 aromatic rings. The summed E-state index contributed by atoms with van der Waals surface area (Å²) in [5.41, 5.74) is 0.214. The van der Waals surface area contributed by atoms with Crippen molar-refractivity contribution in [1.82, 2.24) is 0 Å². The maximum Gasteiger partial charge on any atom is 0.333 e. The molecule has 4 fully saturated rings. The Bertz CT molecular complexity index is 440. The van der Waals surface area contributed by atoms with Crippen molar-refractivity contribution >= 4 is 5.97 Å². The third kappa shape index (κ3) is 3.10. The summed E-state index contributed by atoms with van der Waals surface area (Å²) in [7, 11) is 0. The normalized spacial score (nSPS) is 39.0. The van der Waals surface area contributed by atoms with E-state index in [-0.39, 0.29) is 17.2 Å². The summed E-state index contributed by atoms with van der Waals surface area (Å²) in [6.45, 7) is 8.55. The second-order valence-electron chi connectivity index (χ2n) is 8.05. The van der Waals surface area contributed by atoms with E-state index < -0.39 is 0 Å². The molecule has 0 heterocycles. The first-order valence-corrected chi connectivity index (χ1v) is 8.99. The van der Waals surface area contributed by atoms with Crippen LogP contribution >= 0.6 is 0 Å². The zero-order valence-corrected chi connectivity index (χ0v) is 14.2. The van der Waals surface area contributed by atoms with E-state index in [1.54, 1.807) is 6.92 Å². The minimum atomic E-state index is -0.273. The molecule has 124 valence electrons. The Labute approximate surface area is 134 Å². The molecule has 2 atom stereocenters. The zero-order chi connectivity index (χ0) is 15.8. The molecule has 4 aliphatic rings. The van der Waals surface area contributed by atoms with Gasteiger partial charge in [0.2, 0.25) is 0 Å². The van der Waals surface area contributed by atoms with Crippen LogP contribution in [0.15, 0.2) is 12.2 Å². The largest absolute Gasteiger partial charge is 0.456 e. The summed E-state index contributed by atoms with van der Waals surface area (Å²) in [6.07, 6.45) is 10.2. The zero-order valence-electron chi connectivity index (χ0n) is 14.2. The number of hydrogen-bond donors (Lipinski definition) is 0. The van der Waals surface area contributed by atoms with Gasteiger partial charge in [-0.15, -0.1) is 0 Å². The van der Waals surface area contributed by atoms with Gasteiger partial charge in [0.25, 0.3) is 0 Å². The Morgan fingerprint density at radius 1 is 1.14 bits per heavy atom. The molecule has 0 saturated heterocycles. The molecule has 0 aromatic heterocycles. The minimum absolute atomic E-state index is 0.0207. The van der Waals surface area contributed by atoms with Gasteiger partial charge >= 0.3 is 5.97 Å². The van der Waals surface area contributed by atoms with E-state index in [2.05, 4.69) is 13.5 Å². The van der Waals surface area contributed by atoms with Crippen LogP contribution in [0, 0.1) is 11.8 Å². The lowest BCUT2D eigenvalue weighted by molar-refractivity contribution is -0.232. The average Bonchev–Trinajstić information content (AvgIpc) is 2.41. The second kappa shape index (κ2) is 5.99. The van der Waals surface area contributed by atoms with Crippen LogP contribution in [0.3, 0.4) is 0 Å². The Morgan fingerprint density at radius 2 is 1.77 bits per heavy atom. The lowest BCUT2D eigenvalue weighted by atomic mass is 9.52. The summed E-state index contributed by atoms with van der Waals surface area (Å²) in [4.78, 5) is 12.1. The number of rotatable bonds is 7. The van der Waals surface area contributed by atoms with Crippen LogP contribution in [0.5, 0.6) is 0 Å². The lowest BCUT2D eigenvalue weighted by Gasteiger charge is -2.60. The van der Waals surface area contributed by atoms with Gasteiger partial charge in [0.05, 0.1) is 5.60 Å². The molecule has 0 aliphatic heterocycles. The highest BCUT2D eigenvalue weighted by atomic mass is 16.6. The fraction of sp³-hybridized carbons (Fsp3) is 0.842. The van der Waals surface area contributed by atoms with Crippen molar-refractivity contribution in [3.63, 3.8) is 0 Å². The van der Waals surface area contributed by atoms with E-state index in [4.69, 9.17) is 9.47 Å². The summed E-state index contributed by atoms with van der Waals surface area (Å²) < 4.78 is 12.3. The molecule has 2 unspecified atom stereocenters. The van der Waals surface area contributed by atoms with Crippen LogP contribution in [0.1, 0.15) is 71.6 Å². The predicted molar refractivity (Wildman–Crippen MR) is 86.5 cm³/mol. The smallest absolute Gasteiger partial charge is 0.333 e. The molecule has 22 heavy (non-hydrogen) atoms. The monoisotopic (exact) mass is 306 g/mol. The Balaban J connectivity index is 1.69. The van der Waals surface area contributed by atoms with E-state index in [9.17, 15) is 4.79 Å². The fourth-order valence-electron chi connectivity index (χ4n) is 5.31. The van der Waals surface area contributed by atoms with Crippen molar-refractivity contribution < 1.29 is 14.3 Å². The van der Waals surface area contributed by atoms with Crippen LogP contribution in [-0.4, -0.2) is 23.8 Å². The van der Waals surface area contributed by atoms with E-state index in [0.29, 0.717) is 17.4 Å². The number of esters is 1. The van der Waals surface area contributed by atoms with Gasteiger partial charge in [-0.2, -0.15) is 0 Å². The van der Waals surface area contributed by atoms with E-state index in [1.807, 2.05) is 0 Å². The number of unbranched alkanes of at least 4 members (excludes halogenated alkanes) is 2. The molecule has 3 nitrogen and oxygen atoms in total. The van der Waals surface area contributed by atoms with Crippen molar-refractivity contribution in [3.8, 4) is 0 Å². The Morgan fingerprint density at radius 3 is 2.36 bits per heavy atom. The van der Waals surface area contributed by atoms with Crippen LogP contribution in [0.2, 0.25) is 0 Å². The van der Waals surface area contributed by atoms with Crippen molar-refractivity contribution in [2.45, 2.75) is 82.8 Å². The van der Waals surface area contributed by atoms with Gasteiger partial charge in [-0.3, -0.25) is 0 Å². The number of hydrogen-bond acceptors (Lipinski definition) is 3. The molecule has 0 N–H and O–H groups in total. The minimum Gasteiger partial charge on any atom is -0.456 e. The highest BCUT2D eigenvalue weighted by molar-refractivity contribution is 5.87. The average molecular weight is 306 g/mol. The molecule has 0 aromatic carbocycles. The van der Waals surface area contributed by atoms with Gasteiger partial charge in [-0.25, -0.2) is 4.79 Å². The quantitative estimate of drug-likeness (QED) is 0.397. The maximum absolute atomic E-state index is 12.1. The summed E-state index contributed by atoms with van der Waals surface area (Å²) in [5, 5.41) is 0. The van der Waals surface area contributed by atoms with Crippen LogP contribution < -0.4 is 0 Å². The number of carbonyl (C=O) groups excluding carboxylic acids is 1. The van der Waals surface area contributed by atoms with Crippen LogP contribution in [-0.2, 0) is 14.3 Å². The Kier molecular flexibility index (Phi) is 4.37. The van der Waals surface area contributed by atoms with Gasteiger partial charge < -0.3 is 9.47 Å². The molecular formula is C19H30O3. The SMILES string of the molecule is C=C(C)C(=O)OC12CC3CC(CC(OCCCCC)(C3)C1)C2. The summed E-state index contributed by atoms with van der Waals surface area (Å²) in [5.74, 6) is 1.12. The molecule has 4 bridgehead atoms. The van der Waals surface area contributed by atoms with E-state index in [1.165, 1.54) is 32.1 Å². The topological polar surface area (TPSA) is 35.5 Å². The molecule has 0 spiro atoms. The van der Waals surface area contributed by atoms with Gasteiger partial charge in [-0.1, -0.05) is 26.3 Å². The van der Waals surface area contributed by atoms with Crippen molar-refractivity contribution in [2.24, 2.45) is 11.8 Å². The third-order valence-electron chi connectivity index (χ3n) is 5.77. The molecule has 0 amide bonds. The van der Waals surface area contributed by atoms with Gasteiger partial charge in [0.15, 0.2) is 0 Å². The molecular weight excluding hydrogens is 276 g/mol. The highest BCUT2D eigenvalue weighted by Crippen LogP contribution is 2.60. The van der Waals surface area contributed by atoms with Gasteiger partial charge in [0.1, 0.15) is 5.60 Å². The highest BCUT2D eigenvalue weighted by Gasteiger charge is 2.60.